The van der Waals surface area contributed by atoms with Crippen molar-refractivity contribution in [3.63, 3.8) is 0 Å². The van der Waals surface area contributed by atoms with Gasteiger partial charge in [-0.3, -0.25) is 9.80 Å². The number of nitrogens with two attached hydrogens (primary N) is 1. The van der Waals surface area contributed by atoms with Crippen molar-refractivity contribution >= 4 is 21.6 Å². The van der Waals surface area contributed by atoms with E-state index in [-0.39, 0.29) is 5.54 Å². The van der Waals surface area contributed by atoms with Crippen molar-refractivity contribution in [1.82, 2.24) is 9.80 Å². The standard InChI is InChI=1S/C15H24BrN3/c1-15(2,3)19-8-6-18(7-9-19)11-12-4-5-13(16)10-14(12)17/h4-5,10H,6-9,11,17H2,1-3H3. The zero-order valence-corrected chi connectivity index (χ0v) is 13.7. The summed E-state index contributed by atoms with van der Waals surface area (Å²) in [5.74, 6) is 0. The first kappa shape index (κ1) is 14.8. The zero-order valence-electron chi connectivity index (χ0n) is 12.1. The van der Waals surface area contributed by atoms with Gasteiger partial charge in [-0.15, -0.1) is 0 Å². The van der Waals surface area contributed by atoms with E-state index in [2.05, 4.69) is 58.6 Å². The Hall–Kier alpha value is -0.580. The highest BCUT2D eigenvalue weighted by Crippen LogP contribution is 2.22. The summed E-state index contributed by atoms with van der Waals surface area (Å²) >= 11 is 3.45. The van der Waals surface area contributed by atoms with Gasteiger partial charge in [-0.25, -0.2) is 0 Å². The summed E-state index contributed by atoms with van der Waals surface area (Å²) in [6, 6.07) is 6.17. The molecule has 0 amide bonds. The molecule has 1 aromatic rings. The molecular formula is C15H24BrN3. The number of nitrogens with zero attached hydrogens (tertiary/aromatic N) is 2. The number of piperazine rings is 1. The maximum atomic E-state index is 6.07. The maximum absolute atomic E-state index is 6.07. The Morgan fingerprint density at radius 1 is 1.16 bits per heavy atom. The lowest BCUT2D eigenvalue weighted by Crippen LogP contribution is -2.53. The van der Waals surface area contributed by atoms with Crippen LogP contribution in [0.1, 0.15) is 26.3 Å². The van der Waals surface area contributed by atoms with E-state index in [9.17, 15) is 0 Å². The molecule has 1 aliphatic rings. The third-order valence-electron chi connectivity index (χ3n) is 3.82. The Labute approximate surface area is 124 Å². The first-order valence-corrected chi connectivity index (χ1v) is 7.67. The van der Waals surface area contributed by atoms with Gasteiger partial charge in [0.25, 0.3) is 0 Å². The highest BCUT2D eigenvalue weighted by molar-refractivity contribution is 9.10. The minimum Gasteiger partial charge on any atom is -0.398 e. The van der Waals surface area contributed by atoms with E-state index in [1.165, 1.54) is 5.56 Å². The predicted octanol–water partition coefficient (Wildman–Crippen LogP) is 2.95. The number of hydrogen-bond donors (Lipinski definition) is 1. The molecule has 0 saturated carbocycles. The van der Waals surface area contributed by atoms with E-state index in [1.54, 1.807) is 0 Å². The fourth-order valence-electron chi connectivity index (χ4n) is 2.53. The molecule has 0 bridgehead atoms. The normalized spacial score (nSPS) is 18.7. The van der Waals surface area contributed by atoms with Gasteiger partial charge in [-0.2, -0.15) is 0 Å². The van der Waals surface area contributed by atoms with Gasteiger partial charge in [0.15, 0.2) is 0 Å². The van der Waals surface area contributed by atoms with Crippen molar-refractivity contribution in [2.45, 2.75) is 32.9 Å². The molecule has 0 aliphatic carbocycles. The molecule has 2 rings (SSSR count). The summed E-state index contributed by atoms with van der Waals surface area (Å²) in [6.07, 6.45) is 0. The van der Waals surface area contributed by atoms with E-state index in [4.69, 9.17) is 5.73 Å². The monoisotopic (exact) mass is 325 g/mol. The van der Waals surface area contributed by atoms with Crippen molar-refractivity contribution in [3.8, 4) is 0 Å². The van der Waals surface area contributed by atoms with Gasteiger partial charge in [0.1, 0.15) is 0 Å². The van der Waals surface area contributed by atoms with Crippen LogP contribution in [0.3, 0.4) is 0 Å². The molecule has 0 aromatic heterocycles. The van der Waals surface area contributed by atoms with Gasteiger partial charge in [0.2, 0.25) is 0 Å². The summed E-state index contributed by atoms with van der Waals surface area (Å²) in [4.78, 5) is 5.04. The van der Waals surface area contributed by atoms with Crippen molar-refractivity contribution in [1.29, 1.82) is 0 Å². The Morgan fingerprint density at radius 3 is 2.32 bits per heavy atom. The number of benzene rings is 1. The topological polar surface area (TPSA) is 32.5 Å². The predicted molar refractivity (Wildman–Crippen MR) is 85.2 cm³/mol. The van der Waals surface area contributed by atoms with Crippen LogP contribution < -0.4 is 5.73 Å². The summed E-state index contributed by atoms with van der Waals surface area (Å²) < 4.78 is 1.05. The van der Waals surface area contributed by atoms with Crippen LogP contribution in [0.5, 0.6) is 0 Å². The number of nitrogen functional groups attached to an aromatic ring is 1. The van der Waals surface area contributed by atoms with E-state index >= 15 is 0 Å². The second-order valence-corrected chi connectivity index (χ2v) is 7.19. The molecule has 0 unspecified atom stereocenters. The second kappa shape index (κ2) is 5.81. The van der Waals surface area contributed by atoms with Crippen molar-refractivity contribution in [3.05, 3.63) is 28.2 Å². The molecule has 2 N–H and O–H groups in total. The lowest BCUT2D eigenvalue weighted by molar-refractivity contribution is 0.0592. The van der Waals surface area contributed by atoms with Crippen LogP contribution in [-0.2, 0) is 6.54 Å². The van der Waals surface area contributed by atoms with Crippen molar-refractivity contribution in [2.24, 2.45) is 0 Å². The van der Waals surface area contributed by atoms with Crippen LogP contribution in [0.15, 0.2) is 22.7 Å². The summed E-state index contributed by atoms with van der Waals surface area (Å²) in [5, 5.41) is 0. The van der Waals surface area contributed by atoms with Gasteiger partial charge in [0, 0.05) is 48.4 Å². The smallest absolute Gasteiger partial charge is 0.0371 e. The second-order valence-electron chi connectivity index (χ2n) is 6.28. The molecule has 0 spiro atoms. The molecule has 19 heavy (non-hydrogen) atoms. The molecule has 1 saturated heterocycles. The van der Waals surface area contributed by atoms with E-state index in [0.29, 0.717) is 0 Å². The van der Waals surface area contributed by atoms with Crippen molar-refractivity contribution in [2.75, 3.05) is 31.9 Å². The summed E-state index contributed by atoms with van der Waals surface area (Å²) in [6.45, 7) is 12.3. The summed E-state index contributed by atoms with van der Waals surface area (Å²) in [5.41, 5.74) is 8.46. The molecule has 0 radical (unpaired) electrons. The zero-order chi connectivity index (χ0) is 14.0. The molecule has 3 nitrogen and oxygen atoms in total. The first-order valence-electron chi connectivity index (χ1n) is 6.87. The lowest BCUT2D eigenvalue weighted by Gasteiger charge is -2.42. The lowest BCUT2D eigenvalue weighted by atomic mass is 10.0. The molecule has 4 heteroatoms. The van der Waals surface area contributed by atoms with Gasteiger partial charge < -0.3 is 5.73 Å². The van der Waals surface area contributed by atoms with E-state index < -0.39 is 0 Å². The number of halogens is 1. The van der Waals surface area contributed by atoms with E-state index in [1.807, 2.05) is 6.07 Å². The average molecular weight is 326 g/mol. The number of hydrogen-bond acceptors (Lipinski definition) is 3. The number of anilines is 1. The SMILES string of the molecule is CC(C)(C)N1CCN(Cc2ccc(Br)cc2N)CC1. The Balaban J connectivity index is 1.92. The highest BCUT2D eigenvalue weighted by Gasteiger charge is 2.25. The summed E-state index contributed by atoms with van der Waals surface area (Å²) in [7, 11) is 0. The van der Waals surface area contributed by atoms with Crippen LogP contribution in [0, 0.1) is 0 Å². The third kappa shape index (κ3) is 3.94. The quantitative estimate of drug-likeness (QED) is 0.848. The number of rotatable bonds is 2. The maximum Gasteiger partial charge on any atom is 0.0371 e. The van der Waals surface area contributed by atoms with Gasteiger partial charge in [-0.05, 0) is 38.5 Å². The van der Waals surface area contributed by atoms with Crippen LogP contribution >= 0.6 is 15.9 Å². The minimum absolute atomic E-state index is 0.280. The molecule has 1 heterocycles. The van der Waals surface area contributed by atoms with Gasteiger partial charge in [0.05, 0.1) is 0 Å². The van der Waals surface area contributed by atoms with Gasteiger partial charge in [-0.1, -0.05) is 22.0 Å². The largest absolute Gasteiger partial charge is 0.398 e. The van der Waals surface area contributed by atoms with Crippen molar-refractivity contribution < 1.29 is 0 Å². The van der Waals surface area contributed by atoms with Crippen LogP contribution in [-0.4, -0.2) is 41.5 Å². The van der Waals surface area contributed by atoms with E-state index in [0.717, 1.165) is 42.9 Å². The van der Waals surface area contributed by atoms with Crippen LogP contribution in [0.4, 0.5) is 5.69 Å². The Kier molecular flexibility index (Phi) is 4.54. The first-order chi connectivity index (χ1) is 8.86. The average Bonchev–Trinajstić information content (AvgIpc) is 2.32. The van der Waals surface area contributed by atoms with Crippen LogP contribution in [0.2, 0.25) is 0 Å². The van der Waals surface area contributed by atoms with Gasteiger partial charge >= 0.3 is 0 Å². The molecule has 1 aliphatic heterocycles. The fourth-order valence-corrected chi connectivity index (χ4v) is 2.91. The third-order valence-corrected chi connectivity index (χ3v) is 4.32. The fraction of sp³-hybridized carbons (Fsp3) is 0.600. The Bertz CT molecular complexity index is 432. The van der Waals surface area contributed by atoms with Crippen LogP contribution in [0.25, 0.3) is 0 Å². The molecule has 106 valence electrons. The Morgan fingerprint density at radius 2 is 1.79 bits per heavy atom. The molecular weight excluding hydrogens is 302 g/mol. The molecule has 1 aromatic carbocycles. The molecule has 1 fully saturated rings. The highest BCUT2D eigenvalue weighted by atomic mass is 79.9. The minimum atomic E-state index is 0.280. The molecule has 0 atom stereocenters.